The van der Waals surface area contributed by atoms with Gasteiger partial charge in [0.2, 0.25) is 0 Å². The van der Waals surface area contributed by atoms with E-state index in [0.29, 0.717) is 5.41 Å². The summed E-state index contributed by atoms with van der Waals surface area (Å²) in [7, 11) is 0. The van der Waals surface area contributed by atoms with Crippen LogP contribution >= 0.6 is 0 Å². The first-order chi connectivity index (χ1) is 9.99. The molecule has 0 amide bonds. The second-order valence-corrected chi connectivity index (χ2v) is 9.31. The van der Waals surface area contributed by atoms with Crippen molar-refractivity contribution >= 4 is 0 Å². The van der Waals surface area contributed by atoms with Crippen molar-refractivity contribution in [3.05, 3.63) is 0 Å². The van der Waals surface area contributed by atoms with Crippen LogP contribution in [0.3, 0.4) is 0 Å². The zero-order chi connectivity index (χ0) is 14.9. The molecule has 1 aliphatic heterocycles. The first-order valence-electron chi connectivity index (χ1n) is 9.47. The van der Waals surface area contributed by atoms with E-state index in [1.807, 2.05) is 0 Å². The van der Waals surface area contributed by atoms with E-state index in [1.54, 1.807) is 0 Å². The Morgan fingerprint density at radius 3 is 2.19 bits per heavy atom. The highest BCUT2D eigenvalue weighted by molar-refractivity contribution is 4.91. The van der Waals surface area contributed by atoms with Crippen LogP contribution in [0.25, 0.3) is 0 Å². The van der Waals surface area contributed by atoms with Crippen LogP contribution in [0.4, 0.5) is 0 Å². The number of rotatable bonds is 5. The molecule has 3 rings (SSSR count). The molecule has 0 spiro atoms. The molecule has 2 aliphatic carbocycles. The second-order valence-electron chi connectivity index (χ2n) is 9.31. The molecule has 2 heteroatoms. The van der Waals surface area contributed by atoms with Gasteiger partial charge in [0.25, 0.3) is 0 Å². The van der Waals surface area contributed by atoms with Gasteiger partial charge in [0.1, 0.15) is 0 Å². The molecule has 0 bridgehead atoms. The Morgan fingerprint density at radius 2 is 1.67 bits per heavy atom. The summed E-state index contributed by atoms with van der Waals surface area (Å²) in [5.41, 5.74) is 0.478. The minimum Gasteiger partial charge on any atom is -0.312 e. The van der Waals surface area contributed by atoms with E-state index in [1.165, 1.54) is 71.0 Å². The molecule has 122 valence electrons. The molecule has 2 atom stereocenters. The SMILES string of the molecule is CC(C)(C)CC1CC(NCC2CCC2)CN(C2CCC2)C1. The topological polar surface area (TPSA) is 15.3 Å². The van der Waals surface area contributed by atoms with Crippen LogP contribution in [0.15, 0.2) is 0 Å². The summed E-state index contributed by atoms with van der Waals surface area (Å²) in [6.07, 6.45) is 11.6. The largest absolute Gasteiger partial charge is 0.312 e. The van der Waals surface area contributed by atoms with E-state index < -0.39 is 0 Å². The fourth-order valence-electron chi connectivity index (χ4n) is 4.48. The van der Waals surface area contributed by atoms with Crippen LogP contribution in [0.1, 0.15) is 72.1 Å². The summed E-state index contributed by atoms with van der Waals surface area (Å²) < 4.78 is 0. The van der Waals surface area contributed by atoms with Gasteiger partial charge in [-0.1, -0.05) is 33.6 Å². The van der Waals surface area contributed by atoms with Crippen LogP contribution in [0.5, 0.6) is 0 Å². The number of nitrogens with zero attached hydrogens (tertiary/aromatic N) is 1. The molecule has 2 unspecified atom stereocenters. The number of nitrogens with one attached hydrogen (secondary N) is 1. The summed E-state index contributed by atoms with van der Waals surface area (Å²) in [5.74, 6) is 1.89. The van der Waals surface area contributed by atoms with Gasteiger partial charge in [-0.05, 0) is 62.3 Å². The van der Waals surface area contributed by atoms with E-state index in [9.17, 15) is 0 Å². The van der Waals surface area contributed by atoms with E-state index in [-0.39, 0.29) is 0 Å². The van der Waals surface area contributed by atoms with Crippen LogP contribution in [-0.4, -0.2) is 36.6 Å². The van der Waals surface area contributed by atoms with Crippen molar-refractivity contribution in [2.45, 2.75) is 84.2 Å². The smallest absolute Gasteiger partial charge is 0.0198 e. The Kier molecular flexibility index (Phi) is 4.95. The Balaban J connectivity index is 1.53. The average Bonchev–Trinajstić information content (AvgIpc) is 2.21. The van der Waals surface area contributed by atoms with E-state index in [4.69, 9.17) is 0 Å². The van der Waals surface area contributed by atoms with Gasteiger partial charge >= 0.3 is 0 Å². The first-order valence-corrected chi connectivity index (χ1v) is 9.47. The lowest BCUT2D eigenvalue weighted by Gasteiger charge is -2.47. The molecule has 3 fully saturated rings. The quantitative estimate of drug-likeness (QED) is 0.822. The van der Waals surface area contributed by atoms with E-state index >= 15 is 0 Å². The van der Waals surface area contributed by atoms with Crippen LogP contribution in [0.2, 0.25) is 0 Å². The van der Waals surface area contributed by atoms with Crippen molar-refractivity contribution in [1.82, 2.24) is 10.2 Å². The van der Waals surface area contributed by atoms with E-state index in [0.717, 1.165) is 23.9 Å². The Bertz CT molecular complexity index is 325. The van der Waals surface area contributed by atoms with Gasteiger partial charge in [0.05, 0.1) is 0 Å². The molecule has 1 N–H and O–H groups in total. The number of hydrogen-bond acceptors (Lipinski definition) is 2. The average molecular weight is 293 g/mol. The van der Waals surface area contributed by atoms with Gasteiger partial charge in [-0.25, -0.2) is 0 Å². The molecule has 0 aromatic heterocycles. The molecule has 2 saturated carbocycles. The summed E-state index contributed by atoms with van der Waals surface area (Å²) in [6.45, 7) is 11.2. The third kappa shape index (κ3) is 4.45. The monoisotopic (exact) mass is 292 g/mol. The number of hydrogen-bond donors (Lipinski definition) is 1. The maximum absolute atomic E-state index is 3.93. The Morgan fingerprint density at radius 1 is 0.952 bits per heavy atom. The molecule has 0 aromatic carbocycles. The summed E-state index contributed by atoms with van der Waals surface area (Å²) in [5, 5.41) is 3.93. The fraction of sp³-hybridized carbons (Fsp3) is 1.00. The predicted molar refractivity (Wildman–Crippen MR) is 90.5 cm³/mol. The number of likely N-dealkylation sites (tertiary alicyclic amines) is 1. The van der Waals surface area contributed by atoms with Crippen molar-refractivity contribution in [1.29, 1.82) is 0 Å². The molecule has 0 radical (unpaired) electrons. The van der Waals surface area contributed by atoms with E-state index in [2.05, 4.69) is 31.0 Å². The zero-order valence-electron chi connectivity index (χ0n) is 14.5. The lowest BCUT2D eigenvalue weighted by Crippen LogP contribution is -2.55. The van der Waals surface area contributed by atoms with Crippen LogP contribution in [-0.2, 0) is 0 Å². The van der Waals surface area contributed by atoms with Crippen molar-refractivity contribution in [3.8, 4) is 0 Å². The lowest BCUT2D eigenvalue weighted by atomic mass is 9.78. The zero-order valence-corrected chi connectivity index (χ0v) is 14.5. The molecule has 3 aliphatic rings. The highest BCUT2D eigenvalue weighted by Crippen LogP contribution is 2.34. The molecular weight excluding hydrogens is 256 g/mol. The lowest BCUT2D eigenvalue weighted by molar-refractivity contribution is 0.0444. The first kappa shape index (κ1) is 15.8. The third-order valence-electron chi connectivity index (χ3n) is 5.98. The van der Waals surface area contributed by atoms with Crippen molar-refractivity contribution in [3.63, 3.8) is 0 Å². The summed E-state index contributed by atoms with van der Waals surface area (Å²) in [4.78, 5) is 2.84. The molecule has 0 aromatic rings. The van der Waals surface area contributed by atoms with Gasteiger partial charge in [-0.3, -0.25) is 4.90 Å². The second kappa shape index (κ2) is 6.58. The highest BCUT2D eigenvalue weighted by Gasteiger charge is 2.35. The molecule has 1 saturated heterocycles. The molecule has 21 heavy (non-hydrogen) atoms. The fourth-order valence-corrected chi connectivity index (χ4v) is 4.48. The minimum atomic E-state index is 0.478. The maximum atomic E-state index is 3.93. The van der Waals surface area contributed by atoms with Gasteiger partial charge in [0, 0.05) is 25.2 Å². The Labute approximate surface area is 132 Å². The van der Waals surface area contributed by atoms with Gasteiger partial charge in [-0.2, -0.15) is 0 Å². The van der Waals surface area contributed by atoms with Crippen LogP contribution < -0.4 is 5.32 Å². The third-order valence-corrected chi connectivity index (χ3v) is 5.98. The van der Waals surface area contributed by atoms with Crippen molar-refractivity contribution in [2.75, 3.05) is 19.6 Å². The van der Waals surface area contributed by atoms with Crippen molar-refractivity contribution in [2.24, 2.45) is 17.3 Å². The van der Waals surface area contributed by atoms with Gasteiger partial charge in [0.15, 0.2) is 0 Å². The van der Waals surface area contributed by atoms with Gasteiger partial charge in [-0.15, -0.1) is 0 Å². The van der Waals surface area contributed by atoms with Gasteiger partial charge < -0.3 is 5.32 Å². The van der Waals surface area contributed by atoms with Crippen molar-refractivity contribution < 1.29 is 0 Å². The summed E-state index contributed by atoms with van der Waals surface area (Å²) in [6, 6.07) is 1.67. The predicted octanol–water partition coefficient (Wildman–Crippen LogP) is 4.06. The maximum Gasteiger partial charge on any atom is 0.0198 e. The number of piperidine rings is 1. The molecule has 2 nitrogen and oxygen atoms in total. The Hall–Kier alpha value is -0.0800. The standard InChI is InChI=1S/C19H36N2/c1-19(2,3)11-16-10-17(20-12-15-6-4-7-15)14-21(13-16)18-8-5-9-18/h15-18,20H,4-14H2,1-3H3. The molecule has 1 heterocycles. The minimum absolute atomic E-state index is 0.478. The highest BCUT2D eigenvalue weighted by atomic mass is 15.2. The normalized spacial score (nSPS) is 32.7. The van der Waals surface area contributed by atoms with Crippen LogP contribution in [0, 0.1) is 17.3 Å². The molecular formula is C19H36N2. The summed E-state index contributed by atoms with van der Waals surface area (Å²) >= 11 is 0.